The fourth-order valence-corrected chi connectivity index (χ4v) is 3.18. The third kappa shape index (κ3) is 2.91. The van der Waals surface area contributed by atoms with Gasteiger partial charge in [-0.2, -0.15) is 0 Å². The highest BCUT2D eigenvalue weighted by molar-refractivity contribution is 9.11. The minimum atomic E-state index is -0.825. The van der Waals surface area contributed by atoms with E-state index in [1.807, 2.05) is 10.6 Å². The van der Waals surface area contributed by atoms with Gasteiger partial charge in [0.25, 0.3) is 11.8 Å². The average molecular weight is 404 g/mol. The van der Waals surface area contributed by atoms with Crippen molar-refractivity contribution in [1.29, 1.82) is 0 Å². The van der Waals surface area contributed by atoms with Crippen LogP contribution in [0.5, 0.6) is 5.75 Å². The van der Waals surface area contributed by atoms with E-state index in [1.165, 1.54) is 13.2 Å². The Hall–Kier alpha value is -1.67. The predicted octanol–water partition coefficient (Wildman–Crippen LogP) is 1.97. The number of hydrogen-bond acceptors (Lipinski definition) is 4. The van der Waals surface area contributed by atoms with Gasteiger partial charge in [0, 0.05) is 0 Å². The lowest BCUT2D eigenvalue weighted by Gasteiger charge is -2.14. The summed E-state index contributed by atoms with van der Waals surface area (Å²) in [4.78, 5) is 34.2. The van der Waals surface area contributed by atoms with Crippen molar-refractivity contribution in [3.63, 3.8) is 0 Å². The Morgan fingerprint density at radius 3 is 2.00 bits per heavy atom. The van der Waals surface area contributed by atoms with Gasteiger partial charge in [0.05, 0.1) is 16.1 Å². The van der Waals surface area contributed by atoms with E-state index in [-0.39, 0.29) is 5.57 Å². The zero-order valence-electron chi connectivity index (χ0n) is 10.1. The standard InChI is InChI=1S/C12H8Br2N2O4/c1-20-9-7(13)3-5(4-8(9)14)2-6-10(17)15-12(19)16-11(6)18/h2-4H,1H3,(H2,15,16,17,18,19). The van der Waals surface area contributed by atoms with E-state index >= 15 is 0 Å². The van der Waals surface area contributed by atoms with Crippen LogP contribution in [0, 0.1) is 0 Å². The van der Waals surface area contributed by atoms with Gasteiger partial charge in [-0.3, -0.25) is 20.2 Å². The van der Waals surface area contributed by atoms with E-state index in [2.05, 4.69) is 31.9 Å². The van der Waals surface area contributed by atoms with Crippen molar-refractivity contribution in [2.24, 2.45) is 0 Å². The second-order valence-electron chi connectivity index (χ2n) is 3.81. The molecule has 4 amide bonds. The molecule has 2 rings (SSSR count). The van der Waals surface area contributed by atoms with Crippen molar-refractivity contribution < 1.29 is 19.1 Å². The first-order chi connectivity index (χ1) is 9.42. The number of hydrogen-bond donors (Lipinski definition) is 2. The summed E-state index contributed by atoms with van der Waals surface area (Å²) in [6, 6.07) is 2.55. The molecular formula is C12H8Br2N2O4. The number of amides is 4. The van der Waals surface area contributed by atoms with Crippen LogP contribution in [0.25, 0.3) is 6.08 Å². The van der Waals surface area contributed by atoms with Gasteiger partial charge in [0.1, 0.15) is 11.3 Å². The van der Waals surface area contributed by atoms with Gasteiger partial charge in [-0.05, 0) is 55.6 Å². The molecule has 0 aromatic heterocycles. The number of benzene rings is 1. The van der Waals surface area contributed by atoms with Crippen LogP contribution in [0.4, 0.5) is 4.79 Å². The van der Waals surface area contributed by atoms with E-state index in [9.17, 15) is 14.4 Å². The maximum atomic E-state index is 11.6. The highest BCUT2D eigenvalue weighted by Crippen LogP contribution is 2.35. The number of carbonyl (C=O) groups excluding carboxylic acids is 3. The summed E-state index contributed by atoms with van der Waals surface area (Å²) in [6.45, 7) is 0. The fraction of sp³-hybridized carbons (Fsp3) is 0.0833. The molecule has 0 radical (unpaired) electrons. The van der Waals surface area contributed by atoms with Gasteiger partial charge >= 0.3 is 6.03 Å². The number of methoxy groups -OCH3 is 1. The molecular weight excluding hydrogens is 396 g/mol. The van der Waals surface area contributed by atoms with E-state index in [0.717, 1.165) is 0 Å². The lowest BCUT2D eigenvalue weighted by molar-refractivity contribution is -0.123. The van der Waals surface area contributed by atoms with Crippen LogP contribution in [0.2, 0.25) is 0 Å². The highest BCUT2D eigenvalue weighted by atomic mass is 79.9. The van der Waals surface area contributed by atoms with Crippen LogP contribution in [-0.2, 0) is 9.59 Å². The van der Waals surface area contributed by atoms with Crippen LogP contribution in [0.3, 0.4) is 0 Å². The van der Waals surface area contributed by atoms with E-state index in [0.29, 0.717) is 20.3 Å². The Bertz CT molecular complexity index is 610. The van der Waals surface area contributed by atoms with Gasteiger partial charge in [0.15, 0.2) is 0 Å². The lowest BCUT2D eigenvalue weighted by Crippen LogP contribution is -2.51. The average Bonchev–Trinajstić information content (AvgIpc) is 2.33. The number of imide groups is 2. The maximum Gasteiger partial charge on any atom is 0.328 e. The predicted molar refractivity (Wildman–Crippen MR) is 78.1 cm³/mol. The minimum Gasteiger partial charge on any atom is -0.494 e. The molecule has 1 aromatic carbocycles. The molecule has 1 aromatic rings. The molecule has 0 spiro atoms. The maximum absolute atomic E-state index is 11.6. The van der Waals surface area contributed by atoms with Crippen molar-refractivity contribution in [3.8, 4) is 5.75 Å². The van der Waals surface area contributed by atoms with Crippen molar-refractivity contribution in [3.05, 3.63) is 32.2 Å². The van der Waals surface area contributed by atoms with Crippen LogP contribution in [0.1, 0.15) is 5.56 Å². The van der Waals surface area contributed by atoms with Crippen LogP contribution < -0.4 is 15.4 Å². The van der Waals surface area contributed by atoms with E-state index < -0.39 is 17.8 Å². The Balaban J connectivity index is 2.42. The molecule has 20 heavy (non-hydrogen) atoms. The first kappa shape index (κ1) is 14.7. The molecule has 1 aliphatic rings. The third-order valence-electron chi connectivity index (χ3n) is 2.48. The number of nitrogens with one attached hydrogen (secondary N) is 2. The summed E-state index contributed by atoms with van der Waals surface area (Å²) < 4.78 is 6.48. The summed E-state index contributed by atoms with van der Waals surface area (Å²) in [7, 11) is 1.52. The van der Waals surface area contributed by atoms with E-state index in [4.69, 9.17) is 4.74 Å². The second-order valence-corrected chi connectivity index (χ2v) is 5.52. The summed E-state index contributed by atoms with van der Waals surface area (Å²) in [6.07, 6.45) is 1.38. The fourth-order valence-electron chi connectivity index (χ4n) is 1.63. The summed E-state index contributed by atoms with van der Waals surface area (Å²) in [5, 5.41) is 4.01. The largest absolute Gasteiger partial charge is 0.494 e. The molecule has 0 aliphatic carbocycles. The molecule has 1 aliphatic heterocycles. The smallest absolute Gasteiger partial charge is 0.328 e. The Morgan fingerprint density at radius 2 is 1.55 bits per heavy atom. The number of barbiturate groups is 1. The van der Waals surface area contributed by atoms with Crippen LogP contribution in [0.15, 0.2) is 26.7 Å². The molecule has 1 fully saturated rings. The molecule has 104 valence electrons. The van der Waals surface area contributed by atoms with Crippen molar-refractivity contribution >= 4 is 55.8 Å². The highest BCUT2D eigenvalue weighted by Gasteiger charge is 2.27. The summed E-state index contributed by atoms with van der Waals surface area (Å²) in [5.74, 6) is -0.872. The second kappa shape index (κ2) is 5.76. The van der Waals surface area contributed by atoms with Crippen LogP contribution in [-0.4, -0.2) is 25.0 Å². The number of urea groups is 1. The SMILES string of the molecule is COc1c(Br)cc(C=C2C(=O)NC(=O)NC2=O)cc1Br. The zero-order chi connectivity index (χ0) is 14.9. The topological polar surface area (TPSA) is 84.5 Å². The van der Waals surface area contributed by atoms with Gasteiger partial charge in [-0.15, -0.1) is 0 Å². The minimum absolute atomic E-state index is 0.145. The Kier molecular flexibility index (Phi) is 4.24. The zero-order valence-corrected chi connectivity index (χ0v) is 13.3. The van der Waals surface area contributed by atoms with Crippen molar-refractivity contribution in [2.45, 2.75) is 0 Å². The molecule has 1 saturated heterocycles. The number of carbonyl (C=O) groups is 3. The molecule has 8 heteroatoms. The summed E-state index contributed by atoms with van der Waals surface area (Å²) in [5.41, 5.74) is 0.452. The van der Waals surface area contributed by atoms with E-state index in [1.54, 1.807) is 12.1 Å². The number of rotatable bonds is 2. The van der Waals surface area contributed by atoms with Gasteiger partial charge in [0.2, 0.25) is 0 Å². The number of ether oxygens (including phenoxy) is 1. The quantitative estimate of drug-likeness (QED) is 0.584. The summed E-state index contributed by atoms with van der Waals surface area (Å²) >= 11 is 6.65. The van der Waals surface area contributed by atoms with Gasteiger partial charge < -0.3 is 4.74 Å². The lowest BCUT2D eigenvalue weighted by atomic mass is 10.1. The van der Waals surface area contributed by atoms with Crippen LogP contribution >= 0.6 is 31.9 Å². The van der Waals surface area contributed by atoms with Gasteiger partial charge in [-0.1, -0.05) is 0 Å². The van der Waals surface area contributed by atoms with Crippen molar-refractivity contribution in [2.75, 3.05) is 7.11 Å². The molecule has 0 atom stereocenters. The molecule has 0 saturated carbocycles. The molecule has 0 unspecified atom stereocenters. The van der Waals surface area contributed by atoms with Crippen molar-refractivity contribution in [1.82, 2.24) is 10.6 Å². The molecule has 1 heterocycles. The normalized spacial score (nSPS) is 14.8. The molecule has 2 N–H and O–H groups in total. The Morgan fingerprint density at radius 1 is 1.05 bits per heavy atom. The Labute approximate surface area is 130 Å². The first-order valence-corrected chi connectivity index (χ1v) is 6.92. The third-order valence-corrected chi connectivity index (χ3v) is 3.66. The number of halogens is 2. The van der Waals surface area contributed by atoms with Gasteiger partial charge in [-0.25, -0.2) is 4.79 Å². The molecule has 6 nitrogen and oxygen atoms in total. The monoisotopic (exact) mass is 402 g/mol. The first-order valence-electron chi connectivity index (χ1n) is 5.33. The molecule has 0 bridgehead atoms.